The Morgan fingerprint density at radius 1 is 1.56 bits per heavy atom. The van der Waals surface area contributed by atoms with Gasteiger partial charge in [-0.3, -0.25) is 0 Å². The SMILES string of the molecule is CN1c2nc(Cl)ncc2OCC1C(F)(F)F. The van der Waals surface area contributed by atoms with E-state index in [1.165, 1.54) is 13.2 Å². The largest absolute Gasteiger partial charge is 0.486 e. The minimum absolute atomic E-state index is 0.0496. The maximum absolute atomic E-state index is 12.6. The molecule has 0 saturated heterocycles. The predicted molar refractivity (Wildman–Crippen MR) is 50.8 cm³/mol. The summed E-state index contributed by atoms with van der Waals surface area (Å²) in [7, 11) is 1.29. The molecule has 88 valence electrons. The Labute approximate surface area is 94.0 Å². The first kappa shape index (κ1) is 11.3. The van der Waals surface area contributed by atoms with E-state index in [0.717, 1.165) is 4.90 Å². The number of anilines is 1. The van der Waals surface area contributed by atoms with E-state index < -0.39 is 18.8 Å². The Balaban J connectivity index is 2.38. The first-order chi connectivity index (χ1) is 7.39. The van der Waals surface area contributed by atoms with Gasteiger partial charge in [0.1, 0.15) is 6.61 Å². The van der Waals surface area contributed by atoms with Crippen molar-refractivity contribution in [3.05, 3.63) is 11.5 Å². The van der Waals surface area contributed by atoms with Crippen molar-refractivity contribution in [3.8, 4) is 5.75 Å². The van der Waals surface area contributed by atoms with Gasteiger partial charge in [-0.05, 0) is 11.6 Å². The fourth-order valence-corrected chi connectivity index (χ4v) is 1.57. The summed E-state index contributed by atoms with van der Waals surface area (Å²) in [6, 6.07) is -1.72. The van der Waals surface area contributed by atoms with Crippen molar-refractivity contribution in [1.29, 1.82) is 0 Å². The summed E-state index contributed by atoms with van der Waals surface area (Å²) in [5, 5.41) is -0.114. The lowest BCUT2D eigenvalue weighted by Crippen LogP contribution is -2.50. The van der Waals surface area contributed by atoms with Crippen LogP contribution < -0.4 is 9.64 Å². The number of aromatic nitrogens is 2. The lowest BCUT2D eigenvalue weighted by molar-refractivity contribution is -0.155. The zero-order valence-electron chi connectivity index (χ0n) is 8.12. The number of likely N-dealkylation sites (N-methyl/N-ethyl adjacent to an activating group) is 1. The van der Waals surface area contributed by atoms with Crippen molar-refractivity contribution in [2.75, 3.05) is 18.6 Å². The molecule has 1 atom stereocenters. The monoisotopic (exact) mass is 253 g/mol. The van der Waals surface area contributed by atoms with Crippen molar-refractivity contribution in [2.45, 2.75) is 12.2 Å². The molecular weight excluding hydrogens is 247 g/mol. The van der Waals surface area contributed by atoms with Gasteiger partial charge in [-0.1, -0.05) is 0 Å². The van der Waals surface area contributed by atoms with Crippen LogP contribution in [-0.2, 0) is 0 Å². The summed E-state index contributed by atoms with van der Waals surface area (Å²) in [5.41, 5.74) is 0. The Morgan fingerprint density at radius 3 is 2.88 bits per heavy atom. The van der Waals surface area contributed by atoms with Gasteiger partial charge < -0.3 is 9.64 Å². The zero-order chi connectivity index (χ0) is 11.9. The standard InChI is InChI=1S/C8H7ClF3N3O/c1-15-5(8(10,11)12)3-16-4-2-13-7(9)14-6(4)15/h2,5H,3H2,1H3. The molecule has 8 heteroatoms. The lowest BCUT2D eigenvalue weighted by atomic mass is 10.2. The van der Waals surface area contributed by atoms with Crippen LogP contribution in [0.1, 0.15) is 0 Å². The van der Waals surface area contributed by atoms with Crippen LogP contribution in [0.25, 0.3) is 0 Å². The molecule has 1 aliphatic rings. The van der Waals surface area contributed by atoms with E-state index in [1.807, 2.05) is 0 Å². The minimum atomic E-state index is -4.37. The van der Waals surface area contributed by atoms with Crippen LogP contribution in [0.2, 0.25) is 5.28 Å². The zero-order valence-corrected chi connectivity index (χ0v) is 8.88. The van der Waals surface area contributed by atoms with Crippen molar-refractivity contribution in [2.24, 2.45) is 0 Å². The fraction of sp³-hybridized carbons (Fsp3) is 0.500. The van der Waals surface area contributed by atoms with Crippen LogP contribution in [0.3, 0.4) is 0 Å². The van der Waals surface area contributed by atoms with Crippen LogP contribution in [0.4, 0.5) is 19.0 Å². The number of alkyl halides is 3. The van der Waals surface area contributed by atoms with Crippen molar-refractivity contribution >= 4 is 17.4 Å². The highest BCUT2D eigenvalue weighted by Crippen LogP contribution is 2.36. The van der Waals surface area contributed by atoms with Crippen molar-refractivity contribution < 1.29 is 17.9 Å². The molecule has 0 fully saturated rings. The highest BCUT2D eigenvalue weighted by Gasteiger charge is 2.46. The van der Waals surface area contributed by atoms with E-state index in [1.54, 1.807) is 0 Å². The summed E-state index contributed by atoms with van der Waals surface area (Å²) in [6.07, 6.45) is -3.11. The minimum Gasteiger partial charge on any atom is -0.486 e. The number of hydrogen-bond donors (Lipinski definition) is 0. The molecule has 0 amide bonds. The predicted octanol–water partition coefficient (Wildman–Crippen LogP) is 1.89. The fourth-order valence-electron chi connectivity index (χ4n) is 1.44. The molecule has 4 nitrogen and oxygen atoms in total. The van der Waals surface area contributed by atoms with Gasteiger partial charge in [0.05, 0.1) is 6.20 Å². The van der Waals surface area contributed by atoms with Crippen LogP contribution in [-0.4, -0.2) is 35.8 Å². The molecule has 0 bridgehead atoms. The molecule has 0 saturated carbocycles. The maximum atomic E-state index is 12.6. The van der Waals surface area contributed by atoms with E-state index in [-0.39, 0.29) is 16.9 Å². The third kappa shape index (κ3) is 1.87. The Bertz CT molecular complexity index is 412. The number of halogens is 4. The second kappa shape index (κ2) is 3.65. The molecule has 0 radical (unpaired) electrons. The molecule has 1 unspecified atom stereocenters. The average Bonchev–Trinajstić information content (AvgIpc) is 2.17. The number of ether oxygens (including phenoxy) is 1. The van der Waals surface area contributed by atoms with Crippen LogP contribution in [0, 0.1) is 0 Å². The highest BCUT2D eigenvalue weighted by molar-refractivity contribution is 6.28. The van der Waals surface area contributed by atoms with Gasteiger partial charge in [-0.15, -0.1) is 0 Å². The molecule has 1 aromatic rings. The summed E-state index contributed by atoms with van der Waals surface area (Å²) >= 11 is 5.52. The van der Waals surface area contributed by atoms with Gasteiger partial charge >= 0.3 is 6.18 Å². The first-order valence-electron chi connectivity index (χ1n) is 4.34. The first-order valence-corrected chi connectivity index (χ1v) is 4.72. The molecule has 0 aliphatic carbocycles. The molecule has 2 rings (SSSR count). The van der Waals surface area contributed by atoms with Crippen molar-refractivity contribution in [1.82, 2.24) is 9.97 Å². The second-order valence-corrected chi connectivity index (χ2v) is 3.64. The molecule has 0 aromatic carbocycles. The number of fused-ring (bicyclic) bond motifs is 1. The average molecular weight is 254 g/mol. The molecule has 0 N–H and O–H groups in total. The maximum Gasteiger partial charge on any atom is 0.412 e. The van der Waals surface area contributed by atoms with Gasteiger partial charge in [-0.25, -0.2) is 4.98 Å². The van der Waals surface area contributed by atoms with E-state index in [2.05, 4.69) is 9.97 Å². The van der Waals surface area contributed by atoms with Crippen LogP contribution in [0.5, 0.6) is 5.75 Å². The van der Waals surface area contributed by atoms with Crippen molar-refractivity contribution in [3.63, 3.8) is 0 Å². The van der Waals surface area contributed by atoms with Gasteiger partial charge in [0, 0.05) is 7.05 Å². The molecule has 1 aromatic heterocycles. The third-order valence-electron chi connectivity index (χ3n) is 2.28. The van der Waals surface area contributed by atoms with E-state index in [9.17, 15) is 13.2 Å². The van der Waals surface area contributed by atoms with Gasteiger partial charge in [0.2, 0.25) is 5.28 Å². The van der Waals surface area contributed by atoms with E-state index in [0.29, 0.717) is 0 Å². The highest BCUT2D eigenvalue weighted by atomic mass is 35.5. The van der Waals surface area contributed by atoms with Crippen LogP contribution in [0.15, 0.2) is 6.20 Å². The normalized spacial score (nSPS) is 20.3. The van der Waals surface area contributed by atoms with Crippen LogP contribution >= 0.6 is 11.6 Å². The summed E-state index contributed by atoms with van der Waals surface area (Å²) < 4.78 is 42.7. The second-order valence-electron chi connectivity index (χ2n) is 3.31. The lowest BCUT2D eigenvalue weighted by Gasteiger charge is -2.35. The number of hydrogen-bond acceptors (Lipinski definition) is 4. The molecule has 16 heavy (non-hydrogen) atoms. The number of nitrogens with zero attached hydrogens (tertiary/aromatic N) is 3. The number of rotatable bonds is 0. The van der Waals surface area contributed by atoms with E-state index in [4.69, 9.17) is 16.3 Å². The van der Waals surface area contributed by atoms with Gasteiger partial charge in [0.25, 0.3) is 0 Å². The summed E-state index contributed by atoms with van der Waals surface area (Å²) in [6.45, 7) is -0.474. The Morgan fingerprint density at radius 2 is 2.25 bits per heavy atom. The third-order valence-corrected chi connectivity index (χ3v) is 2.47. The Kier molecular flexibility index (Phi) is 2.57. The summed E-state index contributed by atoms with van der Waals surface area (Å²) in [5.74, 6) is 0.251. The topological polar surface area (TPSA) is 38.2 Å². The van der Waals surface area contributed by atoms with E-state index >= 15 is 0 Å². The van der Waals surface area contributed by atoms with Gasteiger partial charge in [-0.2, -0.15) is 18.2 Å². The quantitative estimate of drug-likeness (QED) is 0.662. The van der Waals surface area contributed by atoms with Gasteiger partial charge in [0.15, 0.2) is 17.6 Å². The molecule has 2 heterocycles. The smallest absolute Gasteiger partial charge is 0.412 e. The molecule has 0 spiro atoms. The Hall–Kier alpha value is -1.24. The summed E-state index contributed by atoms with van der Waals surface area (Å²) in [4.78, 5) is 8.34. The molecular formula is C8H7ClF3N3O. The molecule has 1 aliphatic heterocycles.